The molecular weight excluding hydrogens is 290 g/mol. The van der Waals surface area contributed by atoms with Gasteiger partial charge in [0, 0.05) is 24.5 Å². The summed E-state index contributed by atoms with van der Waals surface area (Å²) in [6.45, 7) is 4.28. The summed E-state index contributed by atoms with van der Waals surface area (Å²) in [7, 11) is 0. The van der Waals surface area contributed by atoms with Crippen molar-refractivity contribution in [1.29, 1.82) is 0 Å². The molecule has 5 nitrogen and oxygen atoms in total. The first-order chi connectivity index (χ1) is 9.52. The van der Waals surface area contributed by atoms with Crippen LogP contribution < -0.4 is 16.0 Å². The Balaban J connectivity index is 0.00000220. The molecule has 2 heterocycles. The lowest BCUT2D eigenvalue weighted by Gasteiger charge is -2.29. The van der Waals surface area contributed by atoms with E-state index in [0.29, 0.717) is 24.4 Å². The van der Waals surface area contributed by atoms with Gasteiger partial charge in [0.25, 0.3) is 0 Å². The number of nitrogens with one attached hydrogen (secondary N) is 3. The van der Waals surface area contributed by atoms with Crippen molar-refractivity contribution in [3.63, 3.8) is 0 Å². The van der Waals surface area contributed by atoms with Gasteiger partial charge in [0.05, 0.1) is 6.54 Å². The fraction of sp³-hybridized carbons (Fsp3) is 0.867. The van der Waals surface area contributed by atoms with Crippen LogP contribution in [-0.2, 0) is 9.59 Å². The van der Waals surface area contributed by atoms with Crippen molar-refractivity contribution in [3.05, 3.63) is 0 Å². The molecule has 122 valence electrons. The largest absolute Gasteiger partial charge is 0.352 e. The molecule has 2 aliphatic rings. The van der Waals surface area contributed by atoms with Gasteiger partial charge in [0.1, 0.15) is 0 Å². The van der Waals surface area contributed by atoms with Gasteiger partial charge in [-0.1, -0.05) is 13.8 Å². The third-order valence-electron chi connectivity index (χ3n) is 4.23. The van der Waals surface area contributed by atoms with Crippen LogP contribution in [0.1, 0.15) is 52.4 Å². The van der Waals surface area contributed by atoms with Crippen molar-refractivity contribution in [3.8, 4) is 0 Å². The maximum absolute atomic E-state index is 11.8. The Kier molecular flexibility index (Phi) is 7.46. The highest BCUT2D eigenvalue weighted by atomic mass is 35.5. The number of carbonyl (C=O) groups excluding carboxylic acids is 2. The summed E-state index contributed by atoms with van der Waals surface area (Å²) in [5, 5.41) is 9.30. The summed E-state index contributed by atoms with van der Waals surface area (Å²) in [4.78, 5) is 23.4. The Hall–Kier alpha value is -0.810. The molecule has 2 unspecified atom stereocenters. The summed E-state index contributed by atoms with van der Waals surface area (Å²) >= 11 is 0. The molecule has 2 saturated heterocycles. The highest BCUT2D eigenvalue weighted by Crippen LogP contribution is 2.26. The molecule has 0 aromatic heterocycles. The van der Waals surface area contributed by atoms with Crippen LogP contribution >= 0.6 is 12.4 Å². The van der Waals surface area contributed by atoms with Crippen molar-refractivity contribution in [2.24, 2.45) is 5.92 Å². The fourth-order valence-corrected chi connectivity index (χ4v) is 3.14. The second kappa shape index (κ2) is 8.59. The molecule has 0 saturated carbocycles. The first kappa shape index (κ1) is 18.2. The molecule has 2 atom stereocenters. The molecule has 2 amide bonds. The fourth-order valence-electron chi connectivity index (χ4n) is 3.14. The van der Waals surface area contributed by atoms with Crippen LogP contribution in [0.3, 0.4) is 0 Å². The molecule has 21 heavy (non-hydrogen) atoms. The zero-order chi connectivity index (χ0) is 14.5. The van der Waals surface area contributed by atoms with Crippen LogP contribution in [0, 0.1) is 5.92 Å². The number of carbonyl (C=O) groups is 2. The maximum atomic E-state index is 11.8. The Bertz CT molecular complexity index is 351. The predicted molar refractivity (Wildman–Crippen MR) is 85.4 cm³/mol. The average molecular weight is 318 g/mol. The van der Waals surface area contributed by atoms with E-state index in [9.17, 15) is 9.59 Å². The zero-order valence-electron chi connectivity index (χ0n) is 13.0. The lowest BCUT2D eigenvalue weighted by atomic mass is 10.00. The molecule has 0 spiro atoms. The lowest BCUT2D eigenvalue weighted by molar-refractivity contribution is -0.126. The monoisotopic (exact) mass is 317 g/mol. The van der Waals surface area contributed by atoms with Crippen molar-refractivity contribution >= 4 is 24.2 Å². The van der Waals surface area contributed by atoms with Crippen LogP contribution in [0.15, 0.2) is 0 Å². The second-order valence-corrected chi connectivity index (χ2v) is 6.58. The molecule has 2 aliphatic heterocycles. The van der Waals surface area contributed by atoms with E-state index in [2.05, 4.69) is 29.8 Å². The maximum Gasteiger partial charge on any atom is 0.239 e. The minimum Gasteiger partial charge on any atom is -0.352 e. The number of amides is 2. The third-order valence-corrected chi connectivity index (χ3v) is 4.23. The van der Waals surface area contributed by atoms with Gasteiger partial charge >= 0.3 is 0 Å². The van der Waals surface area contributed by atoms with Gasteiger partial charge in [-0.25, -0.2) is 0 Å². The van der Waals surface area contributed by atoms with E-state index < -0.39 is 0 Å². The summed E-state index contributed by atoms with van der Waals surface area (Å²) < 4.78 is 0. The summed E-state index contributed by atoms with van der Waals surface area (Å²) in [5.41, 5.74) is 0. The Morgan fingerprint density at radius 2 is 1.76 bits per heavy atom. The molecule has 2 fully saturated rings. The van der Waals surface area contributed by atoms with Gasteiger partial charge < -0.3 is 16.0 Å². The first-order valence-corrected chi connectivity index (χ1v) is 7.85. The molecule has 0 aromatic carbocycles. The molecular formula is C15H28ClN3O2. The standard InChI is InChI=1S/C15H27N3O2.ClH/c1-10(2)3-6-14(19)16-9-15(20)18-13-7-11-4-5-12(8-13)17-11;/h10-13,17H,3-9H2,1-2H3,(H,16,19)(H,18,20);1H. The van der Waals surface area contributed by atoms with E-state index in [1.807, 2.05) is 0 Å². The minimum absolute atomic E-state index is 0. The third kappa shape index (κ3) is 6.22. The lowest BCUT2D eigenvalue weighted by Crippen LogP contribution is -2.50. The Morgan fingerprint density at radius 3 is 2.33 bits per heavy atom. The molecule has 0 aliphatic carbocycles. The van der Waals surface area contributed by atoms with Crippen LogP contribution in [0.25, 0.3) is 0 Å². The SMILES string of the molecule is CC(C)CCC(=O)NCC(=O)NC1CC2CCC(C1)N2.Cl. The van der Waals surface area contributed by atoms with Gasteiger partial charge in [-0.2, -0.15) is 0 Å². The molecule has 6 heteroatoms. The highest BCUT2D eigenvalue weighted by molar-refractivity contribution is 5.85. The van der Waals surface area contributed by atoms with E-state index in [1.165, 1.54) is 12.8 Å². The molecule has 0 radical (unpaired) electrons. The van der Waals surface area contributed by atoms with E-state index in [-0.39, 0.29) is 36.8 Å². The normalized spacial score (nSPS) is 27.1. The molecule has 3 N–H and O–H groups in total. The number of piperidine rings is 1. The first-order valence-electron chi connectivity index (χ1n) is 7.85. The number of rotatable bonds is 6. The Labute approximate surface area is 133 Å². The van der Waals surface area contributed by atoms with Crippen LogP contribution in [0.2, 0.25) is 0 Å². The molecule has 2 bridgehead atoms. The van der Waals surface area contributed by atoms with E-state index in [1.54, 1.807) is 0 Å². The van der Waals surface area contributed by atoms with E-state index >= 15 is 0 Å². The summed E-state index contributed by atoms with van der Waals surface area (Å²) in [5.74, 6) is 0.424. The number of fused-ring (bicyclic) bond motifs is 2. The van der Waals surface area contributed by atoms with Crippen LogP contribution in [0.4, 0.5) is 0 Å². The van der Waals surface area contributed by atoms with Gasteiger partial charge in [-0.15, -0.1) is 12.4 Å². The highest BCUT2D eigenvalue weighted by Gasteiger charge is 2.33. The summed E-state index contributed by atoms with van der Waals surface area (Å²) in [6, 6.07) is 1.41. The van der Waals surface area contributed by atoms with E-state index in [4.69, 9.17) is 0 Å². The number of hydrogen-bond acceptors (Lipinski definition) is 3. The van der Waals surface area contributed by atoms with Crippen molar-refractivity contribution in [1.82, 2.24) is 16.0 Å². The average Bonchev–Trinajstić information content (AvgIpc) is 2.73. The van der Waals surface area contributed by atoms with Gasteiger partial charge in [-0.3, -0.25) is 9.59 Å². The second-order valence-electron chi connectivity index (χ2n) is 6.58. The van der Waals surface area contributed by atoms with Gasteiger partial charge in [-0.05, 0) is 38.0 Å². The topological polar surface area (TPSA) is 70.2 Å². The number of hydrogen-bond donors (Lipinski definition) is 3. The van der Waals surface area contributed by atoms with Crippen molar-refractivity contribution < 1.29 is 9.59 Å². The zero-order valence-corrected chi connectivity index (χ0v) is 13.8. The van der Waals surface area contributed by atoms with E-state index in [0.717, 1.165) is 19.3 Å². The minimum atomic E-state index is -0.0609. The smallest absolute Gasteiger partial charge is 0.239 e. The van der Waals surface area contributed by atoms with Crippen molar-refractivity contribution in [2.45, 2.75) is 70.5 Å². The predicted octanol–water partition coefficient (Wildman–Crippen LogP) is 1.36. The van der Waals surface area contributed by atoms with Gasteiger partial charge in [0.2, 0.25) is 11.8 Å². The Morgan fingerprint density at radius 1 is 1.14 bits per heavy atom. The van der Waals surface area contributed by atoms with Crippen LogP contribution in [-0.4, -0.2) is 36.5 Å². The molecule has 2 rings (SSSR count). The molecule has 0 aromatic rings. The number of halogens is 1. The van der Waals surface area contributed by atoms with Crippen molar-refractivity contribution in [2.75, 3.05) is 6.54 Å². The van der Waals surface area contributed by atoms with Gasteiger partial charge in [0.15, 0.2) is 0 Å². The summed E-state index contributed by atoms with van der Waals surface area (Å²) in [6.07, 6.45) is 5.85. The van der Waals surface area contributed by atoms with Crippen LogP contribution in [0.5, 0.6) is 0 Å². The quantitative estimate of drug-likeness (QED) is 0.693.